The second kappa shape index (κ2) is 17.6. The van der Waals surface area contributed by atoms with Crippen molar-refractivity contribution in [2.75, 3.05) is 13.2 Å². The first-order chi connectivity index (χ1) is 22.8. The molecule has 1 aliphatic carbocycles. The lowest BCUT2D eigenvalue weighted by atomic mass is 9.71. The van der Waals surface area contributed by atoms with Gasteiger partial charge in [-0.2, -0.15) is 0 Å². The van der Waals surface area contributed by atoms with Crippen molar-refractivity contribution in [3.05, 3.63) is 144 Å². The molecular weight excluding hydrogens is 572 g/mol. The van der Waals surface area contributed by atoms with Gasteiger partial charge in [-0.3, -0.25) is 0 Å². The van der Waals surface area contributed by atoms with Gasteiger partial charge in [0.15, 0.2) is 0 Å². The molecule has 0 amide bonds. The van der Waals surface area contributed by atoms with Gasteiger partial charge in [-0.15, -0.1) is 0 Å². The van der Waals surface area contributed by atoms with Crippen LogP contribution >= 0.6 is 0 Å². The lowest BCUT2D eigenvalue weighted by Gasteiger charge is -2.47. The molecule has 242 valence electrons. The lowest BCUT2D eigenvalue weighted by molar-refractivity contribution is -0.204. The summed E-state index contributed by atoms with van der Waals surface area (Å²) >= 11 is 0. The molecule has 0 radical (unpaired) electrons. The van der Waals surface area contributed by atoms with Crippen molar-refractivity contribution in [1.29, 1.82) is 0 Å². The van der Waals surface area contributed by atoms with Crippen molar-refractivity contribution in [1.82, 2.24) is 0 Å². The third-order valence-corrected chi connectivity index (χ3v) is 9.47. The molecule has 0 unspecified atom stereocenters. The van der Waals surface area contributed by atoms with E-state index in [1.807, 2.05) is 30.3 Å². The van der Waals surface area contributed by atoms with Gasteiger partial charge < -0.3 is 23.7 Å². The fourth-order valence-electron chi connectivity index (χ4n) is 7.09. The van der Waals surface area contributed by atoms with Crippen LogP contribution in [0.15, 0.2) is 121 Å². The molecule has 2 fully saturated rings. The zero-order valence-electron chi connectivity index (χ0n) is 26.8. The van der Waals surface area contributed by atoms with Crippen molar-refractivity contribution >= 4 is 0 Å². The van der Waals surface area contributed by atoms with E-state index in [0.717, 1.165) is 48.1 Å². The fraction of sp³-hybridized carbons (Fsp3) is 0.415. The molecule has 0 bridgehead atoms. The molecule has 5 heteroatoms. The van der Waals surface area contributed by atoms with Crippen LogP contribution in [-0.2, 0) is 50.1 Å². The zero-order chi connectivity index (χ0) is 31.2. The number of hydrogen-bond acceptors (Lipinski definition) is 5. The predicted molar refractivity (Wildman–Crippen MR) is 181 cm³/mol. The quantitative estimate of drug-likeness (QED) is 0.126. The maximum absolute atomic E-state index is 7.05. The Bertz CT molecular complexity index is 1380. The Labute approximate surface area is 274 Å². The summed E-state index contributed by atoms with van der Waals surface area (Å²) in [6.45, 7) is 3.11. The molecule has 1 saturated carbocycles. The van der Waals surface area contributed by atoms with E-state index in [4.69, 9.17) is 23.7 Å². The number of hydrogen-bond donors (Lipinski definition) is 0. The smallest absolute Gasteiger partial charge is 0.113 e. The topological polar surface area (TPSA) is 46.2 Å². The first kappa shape index (κ1) is 32.6. The summed E-state index contributed by atoms with van der Waals surface area (Å²) in [4.78, 5) is 0. The Balaban J connectivity index is 1.31. The third kappa shape index (κ3) is 9.37. The van der Waals surface area contributed by atoms with Crippen molar-refractivity contribution in [3.8, 4) is 0 Å². The molecule has 46 heavy (non-hydrogen) atoms. The van der Waals surface area contributed by atoms with Gasteiger partial charge in [-0.25, -0.2) is 0 Å². The molecule has 2 aliphatic rings. The summed E-state index contributed by atoms with van der Waals surface area (Å²) in [5.41, 5.74) is 4.54. The van der Waals surface area contributed by atoms with Crippen molar-refractivity contribution in [2.24, 2.45) is 11.8 Å². The van der Waals surface area contributed by atoms with E-state index in [9.17, 15) is 0 Å². The maximum atomic E-state index is 7.05. The largest absolute Gasteiger partial charge is 0.378 e. The van der Waals surface area contributed by atoms with E-state index in [0.29, 0.717) is 44.9 Å². The molecule has 6 rings (SSSR count). The number of benzene rings is 4. The molecule has 0 N–H and O–H groups in total. The molecular formula is C41H48O5. The number of fused-ring (bicyclic) bond motifs is 1. The Kier molecular flexibility index (Phi) is 12.4. The Morgan fingerprint density at radius 1 is 0.543 bits per heavy atom. The predicted octanol–water partition coefficient (Wildman–Crippen LogP) is 8.55. The molecule has 4 aromatic rings. The van der Waals surface area contributed by atoms with Gasteiger partial charge in [0, 0.05) is 6.61 Å². The van der Waals surface area contributed by atoms with Gasteiger partial charge in [-0.1, -0.05) is 134 Å². The minimum atomic E-state index is -0.353. The third-order valence-electron chi connectivity index (χ3n) is 9.47. The van der Waals surface area contributed by atoms with E-state index in [1.165, 1.54) is 12.8 Å². The maximum Gasteiger partial charge on any atom is 0.113 e. The highest BCUT2D eigenvalue weighted by molar-refractivity contribution is 5.16. The summed E-state index contributed by atoms with van der Waals surface area (Å²) in [5.74, 6) is 0.728. The number of rotatable bonds is 16. The standard InChI is InChI=1S/C41H48O5/c1-5-15-32(16-6-1)27-42-31-39(44-28-33-17-7-2-8-18-33)41(46-30-35-21-11-4-12-22-35)40(45-29-34-19-9-3-10-20-34)37-25-26-43-38-24-14-13-23-36(37)38/h1-12,15-22,36-41H,13-14,23-31H2/t36-,37+,38+,39-,40+,41-/m1/s1. The molecule has 0 aromatic heterocycles. The van der Waals surface area contributed by atoms with Gasteiger partial charge in [-0.05, 0) is 53.4 Å². The van der Waals surface area contributed by atoms with Gasteiger partial charge in [0.1, 0.15) is 12.2 Å². The van der Waals surface area contributed by atoms with Crippen molar-refractivity contribution in [2.45, 2.75) is 82.9 Å². The van der Waals surface area contributed by atoms with Gasteiger partial charge in [0.2, 0.25) is 0 Å². The highest BCUT2D eigenvalue weighted by Gasteiger charge is 2.45. The number of ether oxygens (including phenoxy) is 5. The van der Waals surface area contributed by atoms with Crippen LogP contribution < -0.4 is 0 Å². The van der Waals surface area contributed by atoms with Crippen LogP contribution in [0, 0.1) is 11.8 Å². The van der Waals surface area contributed by atoms with E-state index in [-0.39, 0.29) is 24.4 Å². The average molecular weight is 621 g/mol. The molecule has 1 saturated heterocycles. The van der Waals surface area contributed by atoms with Crippen LogP contribution in [0.4, 0.5) is 0 Å². The van der Waals surface area contributed by atoms with Crippen LogP contribution in [0.5, 0.6) is 0 Å². The molecule has 1 heterocycles. The van der Waals surface area contributed by atoms with Crippen molar-refractivity contribution < 1.29 is 23.7 Å². The molecule has 0 spiro atoms. The monoisotopic (exact) mass is 620 g/mol. The Morgan fingerprint density at radius 2 is 1.04 bits per heavy atom. The van der Waals surface area contributed by atoms with Crippen LogP contribution in [0.1, 0.15) is 54.4 Å². The van der Waals surface area contributed by atoms with Crippen molar-refractivity contribution in [3.63, 3.8) is 0 Å². The first-order valence-corrected chi connectivity index (χ1v) is 17.0. The van der Waals surface area contributed by atoms with Gasteiger partial charge in [0.05, 0.1) is 45.2 Å². The van der Waals surface area contributed by atoms with E-state index >= 15 is 0 Å². The Hall–Kier alpha value is -3.32. The fourth-order valence-corrected chi connectivity index (χ4v) is 7.09. The summed E-state index contributed by atoms with van der Waals surface area (Å²) in [5, 5.41) is 0. The Morgan fingerprint density at radius 3 is 1.63 bits per heavy atom. The van der Waals surface area contributed by atoms with Crippen LogP contribution in [0.2, 0.25) is 0 Å². The van der Waals surface area contributed by atoms with Gasteiger partial charge >= 0.3 is 0 Å². The molecule has 4 aromatic carbocycles. The minimum absolute atomic E-state index is 0.195. The van der Waals surface area contributed by atoms with E-state index < -0.39 is 0 Å². The molecule has 1 aliphatic heterocycles. The molecule has 6 atom stereocenters. The summed E-state index contributed by atoms with van der Waals surface area (Å²) in [6.07, 6.45) is 5.07. The second-order valence-electron chi connectivity index (χ2n) is 12.7. The van der Waals surface area contributed by atoms with E-state index in [2.05, 4.69) is 91.0 Å². The SMILES string of the molecule is c1ccc(COC[C@@H](OCc2ccccc2)[C@@H](OCc2ccccc2)[C@@H](OCc2ccccc2)[C@H]2CCO[C@H]3CCCC[C@H]23)cc1. The minimum Gasteiger partial charge on any atom is -0.378 e. The highest BCUT2D eigenvalue weighted by atomic mass is 16.6. The van der Waals surface area contributed by atoms with Crippen LogP contribution in [0.25, 0.3) is 0 Å². The summed E-state index contributed by atoms with van der Waals surface area (Å²) < 4.78 is 33.6. The lowest BCUT2D eigenvalue weighted by Crippen LogP contribution is -2.53. The van der Waals surface area contributed by atoms with E-state index in [1.54, 1.807) is 0 Å². The zero-order valence-corrected chi connectivity index (χ0v) is 26.8. The highest BCUT2D eigenvalue weighted by Crippen LogP contribution is 2.42. The first-order valence-electron chi connectivity index (χ1n) is 17.0. The van der Waals surface area contributed by atoms with Crippen LogP contribution in [0.3, 0.4) is 0 Å². The van der Waals surface area contributed by atoms with Crippen LogP contribution in [-0.4, -0.2) is 37.6 Å². The summed E-state index contributed by atoms with van der Waals surface area (Å²) in [6, 6.07) is 41.6. The normalized spacial score (nSPS) is 21.6. The second-order valence-corrected chi connectivity index (χ2v) is 12.7. The summed E-state index contributed by atoms with van der Waals surface area (Å²) in [7, 11) is 0. The average Bonchev–Trinajstić information content (AvgIpc) is 3.13. The molecule has 5 nitrogen and oxygen atoms in total. The van der Waals surface area contributed by atoms with Gasteiger partial charge in [0.25, 0.3) is 0 Å².